The molecule has 0 spiro atoms. The van der Waals surface area contributed by atoms with E-state index in [0.717, 1.165) is 14.7 Å². The number of amides is 1. The number of aromatic nitrogens is 1. The molecule has 0 atom stereocenters. The van der Waals surface area contributed by atoms with E-state index in [-0.39, 0.29) is 5.56 Å². The molecule has 0 aliphatic heterocycles. The SMILES string of the molecule is CCOCCn1c(=NC(=O)c2cc3ccccc3oc2=O)sc2cc(Br)ccc21. The molecule has 0 saturated carbocycles. The number of carbonyl (C=O) groups excluding carboxylic acids is 1. The maximum absolute atomic E-state index is 12.8. The third-order valence-corrected chi connectivity index (χ3v) is 5.91. The first-order valence-corrected chi connectivity index (χ1v) is 10.7. The second-order valence-electron chi connectivity index (χ2n) is 6.25. The van der Waals surface area contributed by atoms with Gasteiger partial charge in [0.05, 0.1) is 16.8 Å². The summed E-state index contributed by atoms with van der Waals surface area (Å²) in [6.45, 7) is 3.59. The van der Waals surface area contributed by atoms with Crippen molar-refractivity contribution in [3.8, 4) is 0 Å². The summed E-state index contributed by atoms with van der Waals surface area (Å²) in [6.07, 6.45) is 0. The first-order chi connectivity index (χ1) is 14.1. The summed E-state index contributed by atoms with van der Waals surface area (Å²) in [6, 6.07) is 14.5. The number of hydrogen-bond donors (Lipinski definition) is 0. The molecular formula is C21H17BrN2O4S. The van der Waals surface area contributed by atoms with Crippen LogP contribution >= 0.6 is 27.3 Å². The van der Waals surface area contributed by atoms with Crippen LogP contribution in [0.15, 0.2) is 67.2 Å². The third kappa shape index (κ3) is 4.10. The number of halogens is 1. The fraction of sp³-hybridized carbons (Fsp3) is 0.190. The van der Waals surface area contributed by atoms with Crippen LogP contribution in [0.4, 0.5) is 0 Å². The van der Waals surface area contributed by atoms with Gasteiger partial charge in [0.25, 0.3) is 5.91 Å². The molecule has 0 fully saturated rings. The normalized spacial score (nSPS) is 12.1. The summed E-state index contributed by atoms with van der Waals surface area (Å²) in [4.78, 5) is 29.9. The highest BCUT2D eigenvalue weighted by atomic mass is 79.9. The first-order valence-electron chi connectivity index (χ1n) is 9.05. The van der Waals surface area contributed by atoms with Crippen LogP contribution in [0.2, 0.25) is 0 Å². The van der Waals surface area contributed by atoms with Crippen LogP contribution < -0.4 is 10.4 Å². The van der Waals surface area contributed by atoms with Gasteiger partial charge >= 0.3 is 5.63 Å². The number of benzene rings is 2. The Morgan fingerprint density at radius 3 is 2.90 bits per heavy atom. The van der Waals surface area contributed by atoms with Crippen LogP contribution in [0.1, 0.15) is 17.3 Å². The summed E-state index contributed by atoms with van der Waals surface area (Å²) in [5.41, 5.74) is 0.614. The minimum Gasteiger partial charge on any atom is -0.422 e. The molecule has 0 aliphatic rings. The molecule has 0 unspecified atom stereocenters. The van der Waals surface area contributed by atoms with Gasteiger partial charge in [-0.3, -0.25) is 4.79 Å². The minimum atomic E-state index is -0.692. The predicted octanol–water partition coefficient (Wildman–Crippen LogP) is 4.35. The zero-order chi connectivity index (χ0) is 20.4. The van der Waals surface area contributed by atoms with Crippen LogP contribution in [0, 0.1) is 0 Å². The lowest BCUT2D eigenvalue weighted by molar-refractivity contribution is 0.0993. The fourth-order valence-electron chi connectivity index (χ4n) is 3.01. The van der Waals surface area contributed by atoms with Gasteiger partial charge in [-0.25, -0.2) is 4.79 Å². The molecule has 6 nitrogen and oxygen atoms in total. The number of hydrogen-bond acceptors (Lipinski definition) is 5. The Hall–Kier alpha value is -2.55. The van der Waals surface area contributed by atoms with Gasteiger partial charge in [-0.15, -0.1) is 0 Å². The van der Waals surface area contributed by atoms with E-state index < -0.39 is 11.5 Å². The summed E-state index contributed by atoms with van der Waals surface area (Å²) < 4.78 is 14.6. The Labute approximate surface area is 178 Å². The third-order valence-electron chi connectivity index (χ3n) is 4.38. The smallest absolute Gasteiger partial charge is 0.349 e. The Morgan fingerprint density at radius 2 is 2.07 bits per heavy atom. The van der Waals surface area contributed by atoms with E-state index in [1.165, 1.54) is 17.4 Å². The van der Waals surface area contributed by atoms with Crippen molar-refractivity contribution < 1.29 is 13.9 Å². The van der Waals surface area contributed by atoms with Crippen molar-refractivity contribution in [1.82, 2.24) is 4.57 Å². The van der Waals surface area contributed by atoms with Crippen molar-refractivity contribution >= 4 is 54.4 Å². The maximum atomic E-state index is 12.8. The molecule has 0 N–H and O–H groups in total. The second kappa shape index (κ2) is 8.44. The lowest BCUT2D eigenvalue weighted by Crippen LogP contribution is -2.21. The lowest BCUT2D eigenvalue weighted by atomic mass is 10.2. The van der Waals surface area contributed by atoms with E-state index in [9.17, 15) is 9.59 Å². The van der Waals surface area contributed by atoms with E-state index in [1.54, 1.807) is 18.2 Å². The lowest BCUT2D eigenvalue weighted by Gasteiger charge is -2.05. The van der Waals surface area contributed by atoms with Crippen LogP contribution in [0.3, 0.4) is 0 Å². The van der Waals surface area contributed by atoms with Gasteiger partial charge in [0.15, 0.2) is 4.80 Å². The number of rotatable bonds is 5. The summed E-state index contributed by atoms with van der Waals surface area (Å²) >= 11 is 4.86. The standard InChI is InChI=1S/C21H17BrN2O4S/c1-2-27-10-9-24-16-8-7-14(22)12-18(16)29-21(24)23-19(25)15-11-13-5-3-4-6-17(13)28-20(15)26/h3-8,11-12H,2,9-10H2,1H3. The quantitative estimate of drug-likeness (QED) is 0.319. The molecular weight excluding hydrogens is 456 g/mol. The molecule has 2 aromatic heterocycles. The Bertz CT molecular complexity index is 1340. The average molecular weight is 473 g/mol. The summed E-state index contributed by atoms with van der Waals surface area (Å²) in [5.74, 6) is -0.625. The largest absolute Gasteiger partial charge is 0.422 e. The molecule has 1 amide bonds. The number of para-hydroxylation sites is 1. The van der Waals surface area contributed by atoms with Crippen molar-refractivity contribution in [2.75, 3.05) is 13.2 Å². The van der Waals surface area contributed by atoms with E-state index >= 15 is 0 Å². The number of carbonyl (C=O) groups is 1. The monoisotopic (exact) mass is 472 g/mol. The van der Waals surface area contributed by atoms with Gasteiger partial charge in [-0.05, 0) is 37.3 Å². The number of fused-ring (bicyclic) bond motifs is 2. The topological polar surface area (TPSA) is 73.8 Å². The van der Waals surface area contributed by atoms with Crippen LogP contribution in [0.5, 0.6) is 0 Å². The molecule has 2 aromatic carbocycles. The number of thiazole rings is 1. The van der Waals surface area contributed by atoms with E-state index in [2.05, 4.69) is 20.9 Å². The van der Waals surface area contributed by atoms with Crippen molar-refractivity contribution in [3.05, 3.63) is 73.8 Å². The van der Waals surface area contributed by atoms with E-state index in [4.69, 9.17) is 9.15 Å². The fourth-order valence-corrected chi connectivity index (χ4v) is 4.61. The van der Waals surface area contributed by atoms with Gasteiger partial charge in [0.1, 0.15) is 11.1 Å². The van der Waals surface area contributed by atoms with Gasteiger partial charge < -0.3 is 13.7 Å². The molecule has 0 aliphatic carbocycles. The molecule has 2 heterocycles. The Kier molecular flexibility index (Phi) is 5.75. The second-order valence-corrected chi connectivity index (χ2v) is 8.17. The van der Waals surface area contributed by atoms with Crippen LogP contribution in [-0.4, -0.2) is 23.7 Å². The van der Waals surface area contributed by atoms with Crippen LogP contribution in [0.25, 0.3) is 21.2 Å². The maximum Gasteiger partial charge on any atom is 0.349 e. The van der Waals surface area contributed by atoms with Crippen molar-refractivity contribution in [1.29, 1.82) is 0 Å². The van der Waals surface area contributed by atoms with Gasteiger partial charge in [-0.1, -0.05) is 45.5 Å². The zero-order valence-corrected chi connectivity index (χ0v) is 18.0. The van der Waals surface area contributed by atoms with Crippen molar-refractivity contribution in [2.45, 2.75) is 13.5 Å². The molecule has 4 aromatic rings. The molecule has 0 radical (unpaired) electrons. The molecule has 4 rings (SSSR count). The van der Waals surface area contributed by atoms with E-state index in [1.807, 2.05) is 35.8 Å². The summed E-state index contributed by atoms with van der Waals surface area (Å²) in [5, 5.41) is 0.676. The first kappa shape index (κ1) is 19.8. The minimum absolute atomic E-state index is 0.0845. The Morgan fingerprint density at radius 1 is 1.24 bits per heavy atom. The average Bonchev–Trinajstić information content (AvgIpc) is 3.03. The number of ether oxygens (including phenoxy) is 1. The molecule has 29 heavy (non-hydrogen) atoms. The van der Waals surface area contributed by atoms with Crippen molar-refractivity contribution in [3.63, 3.8) is 0 Å². The predicted molar refractivity (Wildman–Crippen MR) is 116 cm³/mol. The van der Waals surface area contributed by atoms with Gasteiger partial charge in [-0.2, -0.15) is 4.99 Å². The molecule has 8 heteroatoms. The highest BCUT2D eigenvalue weighted by Crippen LogP contribution is 2.22. The number of nitrogens with zero attached hydrogens (tertiary/aromatic N) is 2. The highest BCUT2D eigenvalue weighted by Gasteiger charge is 2.15. The van der Waals surface area contributed by atoms with Gasteiger partial charge in [0, 0.05) is 23.0 Å². The Balaban J connectivity index is 1.82. The molecule has 148 valence electrons. The highest BCUT2D eigenvalue weighted by molar-refractivity contribution is 9.10. The van der Waals surface area contributed by atoms with Crippen LogP contribution in [-0.2, 0) is 11.3 Å². The summed E-state index contributed by atoms with van der Waals surface area (Å²) in [7, 11) is 0. The molecule has 0 bridgehead atoms. The van der Waals surface area contributed by atoms with Crippen molar-refractivity contribution in [2.24, 2.45) is 4.99 Å². The zero-order valence-electron chi connectivity index (χ0n) is 15.6. The molecule has 0 saturated heterocycles. The van der Waals surface area contributed by atoms with E-state index in [0.29, 0.717) is 35.5 Å². The van der Waals surface area contributed by atoms with Gasteiger partial charge in [0.2, 0.25) is 0 Å².